The van der Waals surface area contributed by atoms with E-state index in [4.69, 9.17) is 15.4 Å². The molecule has 0 aromatic carbocycles. The van der Waals surface area contributed by atoms with Crippen LogP contribution in [0.5, 0.6) is 0 Å². The second-order valence-corrected chi connectivity index (χ2v) is 18.0. The monoisotopic (exact) mass is 641 g/mol. The highest BCUT2D eigenvalue weighted by molar-refractivity contribution is 8.00. The van der Waals surface area contributed by atoms with Crippen molar-refractivity contribution in [3.05, 3.63) is 0 Å². The van der Waals surface area contributed by atoms with Crippen LogP contribution < -0.4 is 16.4 Å². The predicted molar refractivity (Wildman–Crippen MR) is 183 cm³/mol. The molecule has 258 valence electrons. The molecule has 0 aliphatic carbocycles. The van der Waals surface area contributed by atoms with Gasteiger partial charge >= 0.3 is 0 Å². The third-order valence-electron chi connectivity index (χ3n) is 9.68. The molecule has 9 nitrogen and oxygen atoms in total. The highest BCUT2D eigenvalue weighted by Crippen LogP contribution is 2.46. The smallest absolute Gasteiger partial charge is 0.230 e. The summed E-state index contributed by atoms with van der Waals surface area (Å²) in [5.41, 5.74) is 4.56. The van der Waals surface area contributed by atoms with Gasteiger partial charge in [0.25, 0.3) is 0 Å². The summed E-state index contributed by atoms with van der Waals surface area (Å²) < 4.78 is 0. The van der Waals surface area contributed by atoms with Gasteiger partial charge in [0, 0.05) is 33.2 Å². The van der Waals surface area contributed by atoms with Crippen LogP contribution in [0.4, 0.5) is 0 Å². The van der Waals surface area contributed by atoms with E-state index in [0.29, 0.717) is 6.61 Å². The van der Waals surface area contributed by atoms with Crippen molar-refractivity contribution in [3.8, 4) is 0 Å². The maximum absolute atomic E-state index is 13.1. The molecule has 0 spiro atoms. The second-order valence-electron chi connectivity index (χ2n) is 17.0. The Hall–Kier alpha value is -0.910. The van der Waals surface area contributed by atoms with Crippen LogP contribution in [-0.4, -0.2) is 79.5 Å². The maximum Gasteiger partial charge on any atom is 0.230 e. The Kier molecular flexibility index (Phi) is 12.9. The van der Waals surface area contributed by atoms with Gasteiger partial charge in [-0.25, -0.2) is 0 Å². The first-order valence-corrected chi connectivity index (χ1v) is 17.9. The first-order chi connectivity index (χ1) is 19.9. The minimum Gasteiger partial charge on any atom is -0.350 e. The average Bonchev–Trinajstić information content (AvgIpc) is 2.83. The standard InChI is InChI=1S/C34H67N5O4S/c1-15-17-42-38-29(3,4)18-24(19-30(38,5)6)33(11,12)36-27(40)22-44-23-28(41)37-34(13,14)25-20-31(7,8)39(32(9,10)21-25)43-26(35)16-2/h24-26H,15-23,35H2,1-14H3,(H,36,40)(H,37,41). The largest absolute Gasteiger partial charge is 0.350 e. The number of piperidine rings is 2. The summed E-state index contributed by atoms with van der Waals surface area (Å²) in [7, 11) is 0. The lowest BCUT2D eigenvalue weighted by Gasteiger charge is -2.57. The Morgan fingerprint density at radius 3 is 1.48 bits per heavy atom. The molecule has 2 aliphatic rings. The molecule has 0 bridgehead atoms. The first-order valence-electron chi connectivity index (χ1n) is 16.8. The van der Waals surface area contributed by atoms with E-state index in [2.05, 4.69) is 111 Å². The number of thioether (sulfide) groups is 1. The van der Waals surface area contributed by atoms with E-state index in [1.165, 1.54) is 11.8 Å². The minimum atomic E-state index is -0.412. The highest BCUT2D eigenvalue weighted by Gasteiger charge is 2.52. The molecular formula is C34H67N5O4S. The zero-order valence-electron chi connectivity index (χ0n) is 30.6. The zero-order chi connectivity index (χ0) is 33.9. The van der Waals surface area contributed by atoms with Crippen LogP contribution in [0.3, 0.4) is 0 Å². The Morgan fingerprint density at radius 2 is 1.14 bits per heavy atom. The van der Waals surface area contributed by atoms with Crippen molar-refractivity contribution in [3.63, 3.8) is 0 Å². The molecule has 4 N–H and O–H groups in total. The minimum absolute atomic E-state index is 0.0338. The lowest BCUT2D eigenvalue weighted by Crippen LogP contribution is -2.65. The van der Waals surface area contributed by atoms with Crippen LogP contribution in [-0.2, 0) is 19.3 Å². The third-order valence-corrected chi connectivity index (χ3v) is 10.6. The molecule has 0 radical (unpaired) electrons. The van der Waals surface area contributed by atoms with Gasteiger partial charge in [0.1, 0.15) is 6.23 Å². The number of nitrogens with zero attached hydrogens (tertiary/aromatic N) is 2. The molecule has 0 aromatic heterocycles. The molecule has 2 saturated heterocycles. The van der Waals surface area contributed by atoms with Gasteiger partial charge in [-0.05, 0) is 133 Å². The topological polar surface area (TPSA) is 109 Å². The second kappa shape index (κ2) is 14.5. The number of hydroxylamine groups is 4. The number of carbonyl (C=O) groups excluding carboxylic acids is 2. The van der Waals surface area contributed by atoms with E-state index in [-0.39, 0.29) is 69.1 Å². The predicted octanol–water partition coefficient (Wildman–Crippen LogP) is 6.02. The lowest BCUT2D eigenvalue weighted by atomic mass is 9.68. The Labute approximate surface area is 273 Å². The van der Waals surface area contributed by atoms with E-state index >= 15 is 0 Å². The fraction of sp³-hybridized carbons (Fsp3) is 0.941. The molecular weight excluding hydrogens is 574 g/mol. The summed E-state index contributed by atoms with van der Waals surface area (Å²) in [4.78, 5) is 38.6. The Bertz CT molecular complexity index is 945. The van der Waals surface area contributed by atoms with E-state index < -0.39 is 5.54 Å². The quantitative estimate of drug-likeness (QED) is 0.198. The van der Waals surface area contributed by atoms with Gasteiger partial charge in [-0.1, -0.05) is 13.8 Å². The van der Waals surface area contributed by atoms with Crippen molar-refractivity contribution in [1.82, 2.24) is 20.8 Å². The highest BCUT2D eigenvalue weighted by atomic mass is 32.2. The van der Waals surface area contributed by atoms with E-state index in [9.17, 15) is 9.59 Å². The number of rotatable bonds is 14. The number of carbonyl (C=O) groups is 2. The number of nitrogens with two attached hydrogens (primary N) is 1. The SMILES string of the molecule is CCCON1C(C)(C)CC(C(C)(C)NC(=O)CSCC(=O)NC(C)(C)C2CC(C)(C)N(OC(N)CC)C(C)(C)C2)CC1(C)C. The number of hydrogen-bond acceptors (Lipinski definition) is 8. The van der Waals surface area contributed by atoms with Gasteiger partial charge in [0.15, 0.2) is 0 Å². The normalized spacial score (nSPS) is 23.7. The van der Waals surface area contributed by atoms with Crippen LogP contribution in [0.25, 0.3) is 0 Å². The molecule has 2 amide bonds. The van der Waals surface area contributed by atoms with Gasteiger partial charge in [-0.3, -0.25) is 19.3 Å². The van der Waals surface area contributed by atoms with Crippen molar-refractivity contribution < 1.29 is 19.3 Å². The molecule has 2 heterocycles. The fourth-order valence-electron chi connectivity index (χ4n) is 7.81. The van der Waals surface area contributed by atoms with E-state index in [0.717, 1.165) is 38.5 Å². The van der Waals surface area contributed by atoms with Crippen LogP contribution in [0, 0.1) is 11.8 Å². The summed E-state index contributed by atoms with van der Waals surface area (Å²) in [5.74, 6) is 0.942. The van der Waals surface area contributed by atoms with Gasteiger partial charge < -0.3 is 16.4 Å². The maximum atomic E-state index is 13.1. The summed E-state index contributed by atoms with van der Waals surface area (Å²) >= 11 is 1.37. The summed E-state index contributed by atoms with van der Waals surface area (Å²) in [5, 5.41) is 10.8. The number of nitrogens with one attached hydrogen (secondary N) is 2. The van der Waals surface area contributed by atoms with Crippen LogP contribution >= 0.6 is 11.8 Å². The number of hydrogen-bond donors (Lipinski definition) is 3. The summed E-state index contributed by atoms with van der Waals surface area (Å²) in [6.07, 6.45) is 4.94. The lowest BCUT2D eigenvalue weighted by molar-refractivity contribution is -0.312. The van der Waals surface area contributed by atoms with Crippen molar-refractivity contribution in [2.24, 2.45) is 17.6 Å². The Balaban J connectivity index is 1.92. The zero-order valence-corrected chi connectivity index (χ0v) is 31.4. The van der Waals surface area contributed by atoms with Gasteiger partial charge in [0.05, 0.1) is 18.1 Å². The summed E-state index contributed by atoms with van der Waals surface area (Å²) in [6.45, 7) is 31.0. The van der Waals surface area contributed by atoms with Gasteiger partial charge in [-0.2, -0.15) is 10.1 Å². The molecule has 1 unspecified atom stereocenters. The fourth-order valence-corrected chi connectivity index (χ4v) is 8.42. The molecule has 2 rings (SSSR count). The molecule has 10 heteroatoms. The van der Waals surface area contributed by atoms with Crippen LogP contribution in [0.2, 0.25) is 0 Å². The van der Waals surface area contributed by atoms with Gasteiger partial charge in [0.2, 0.25) is 11.8 Å². The van der Waals surface area contributed by atoms with Crippen molar-refractivity contribution >= 4 is 23.6 Å². The molecule has 2 aliphatic heterocycles. The van der Waals surface area contributed by atoms with Crippen molar-refractivity contribution in [2.75, 3.05) is 18.1 Å². The average molecular weight is 642 g/mol. The molecule has 0 saturated carbocycles. The Morgan fingerprint density at radius 1 is 0.773 bits per heavy atom. The molecule has 0 aromatic rings. The van der Waals surface area contributed by atoms with E-state index in [1.807, 2.05) is 6.92 Å². The molecule has 44 heavy (non-hydrogen) atoms. The van der Waals surface area contributed by atoms with Crippen molar-refractivity contribution in [2.45, 2.75) is 175 Å². The van der Waals surface area contributed by atoms with E-state index in [1.54, 1.807) is 0 Å². The van der Waals surface area contributed by atoms with Crippen molar-refractivity contribution in [1.29, 1.82) is 0 Å². The molecule has 2 fully saturated rings. The van der Waals surface area contributed by atoms with Gasteiger partial charge in [-0.15, -0.1) is 11.8 Å². The summed E-state index contributed by atoms with van der Waals surface area (Å²) in [6, 6.07) is 0. The first kappa shape index (κ1) is 39.3. The van der Waals surface area contributed by atoms with Crippen LogP contribution in [0.15, 0.2) is 0 Å². The molecule has 1 atom stereocenters. The van der Waals surface area contributed by atoms with Crippen LogP contribution in [0.1, 0.15) is 135 Å². The third kappa shape index (κ3) is 10.0. The number of amides is 2.